The second kappa shape index (κ2) is 4.58. The molecule has 0 aliphatic rings. The maximum absolute atomic E-state index is 9.54. The fraction of sp³-hybridized carbons (Fsp3) is 0.0714. The molecule has 0 heterocycles. The minimum absolute atomic E-state index is 0.205. The number of ether oxygens (including phenoxy) is 1. The summed E-state index contributed by atoms with van der Waals surface area (Å²) in [6, 6.07) is 14.0. The summed E-state index contributed by atoms with van der Waals surface area (Å²) in [5.74, 6) is 1.45. The van der Waals surface area contributed by atoms with Crippen LogP contribution >= 0.6 is 0 Å². The van der Waals surface area contributed by atoms with E-state index in [1.807, 2.05) is 6.07 Å². The monoisotopic (exact) mass is 225 g/mol. The van der Waals surface area contributed by atoms with E-state index in [2.05, 4.69) is 0 Å². The first-order valence-electron chi connectivity index (χ1n) is 5.17. The summed E-state index contributed by atoms with van der Waals surface area (Å²) in [6.07, 6.45) is 0. The van der Waals surface area contributed by atoms with Crippen molar-refractivity contribution in [1.29, 1.82) is 5.26 Å². The fourth-order valence-corrected chi connectivity index (χ4v) is 1.44. The Morgan fingerprint density at radius 1 is 1.12 bits per heavy atom. The van der Waals surface area contributed by atoms with Gasteiger partial charge in [0.1, 0.15) is 17.2 Å². The van der Waals surface area contributed by atoms with Gasteiger partial charge in [0.05, 0.1) is 11.6 Å². The van der Waals surface area contributed by atoms with E-state index in [1.54, 1.807) is 49.4 Å². The smallest absolute Gasteiger partial charge is 0.134 e. The molecule has 0 aromatic heterocycles. The van der Waals surface area contributed by atoms with Crippen LogP contribution in [0, 0.1) is 18.3 Å². The van der Waals surface area contributed by atoms with Gasteiger partial charge in [-0.1, -0.05) is 6.07 Å². The Balaban J connectivity index is 2.26. The Kier molecular flexibility index (Phi) is 2.97. The third kappa shape index (κ3) is 2.37. The van der Waals surface area contributed by atoms with E-state index < -0.39 is 0 Å². The Labute approximate surface area is 99.5 Å². The van der Waals surface area contributed by atoms with E-state index in [1.165, 1.54) is 0 Å². The standard InChI is InChI=1S/C14H11NO2/c1-10-13(16)3-2-4-14(10)17-12-7-5-11(9-15)6-8-12/h2-8,16H,1H3. The number of phenolic OH excluding ortho intramolecular Hbond substituents is 1. The second-order valence-corrected chi connectivity index (χ2v) is 3.64. The van der Waals surface area contributed by atoms with Crippen LogP contribution in [-0.2, 0) is 0 Å². The molecule has 84 valence electrons. The van der Waals surface area contributed by atoms with Crippen LogP contribution in [0.1, 0.15) is 11.1 Å². The van der Waals surface area contributed by atoms with E-state index in [0.29, 0.717) is 22.6 Å². The van der Waals surface area contributed by atoms with Crippen molar-refractivity contribution in [1.82, 2.24) is 0 Å². The lowest BCUT2D eigenvalue weighted by molar-refractivity contribution is 0.448. The predicted molar refractivity (Wildman–Crippen MR) is 64.1 cm³/mol. The quantitative estimate of drug-likeness (QED) is 0.852. The Hall–Kier alpha value is -2.47. The van der Waals surface area contributed by atoms with Crippen molar-refractivity contribution in [2.75, 3.05) is 0 Å². The average Bonchev–Trinajstić information content (AvgIpc) is 2.36. The molecule has 17 heavy (non-hydrogen) atoms. The van der Waals surface area contributed by atoms with Gasteiger partial charge < -0.3 is 9.84 Å². The molecule has 0 amide bonds. The zero-order valence-corrected chi connectivity index (χ0v) is 9.34. The summed E-state index contributed by atoms with van der Waals surface area (Å²) in [5.41, 5.74) is 1.28. The summed E-state index contributed by atoms with van der Waals surface area (Å²) >= 11 is 0. The molecule has 0 fully saturated rings. The normalized spacial score (nSPS) is 9.65. The summed E-state index contributed by atoms with van der Waals surface area (Å²) in [4.78, 5) is 0. The number of hydrogen-bond acceptors (Lipinski definition) is 3. The Bertz CT molecular complexity index is 568. The molecule has 0 unspecified atom stereocenters. The van der Waals surface area contributed by atoms with Crippen molar-refractivity contribution in [3.8, 4) is 23.3 Å². The maximum Gasteiger partial charge on any atom is 0.134 e. The number of nitrogens with zero attached hydrogens (tertiary/aromatic N) is 1. The van der Waals surface area contributed by atoms with Gasteiger partial charge in [0.25, 0.3) is 0 Å². The van der Waals surface area contributed by atoms with Gasteiger partial charge in [0, 0.05) is 5.56 Å². The van der Waals surface area contributed by atoms with Gasteiger partial charge in [0.15, 0.2) is 0 Å². The van der Waals surface area contributed by atoms with Crippen molar-refractivity contribution in [3.63, 3.8) is 0 Å². The summed E-state index contributed by atoms with van der Waals surface area (Å²) in [7, 11) is 0. The van der Waals surface area contributed by atoms with Crippen LogP contribution < -0.4 is 4.74 Å². The third-order valence-electron chi connectivity index (χ3n) is 2.47. The molecule has 0 saturated carbocycles. The van der Waals surface area contributed by atoms with Gasteiger partial charge in [-0.25, -0.2) is 0 Å². The number of phenols is 1. The van der Waals surface area contributed by atoms with E-state index in [0.717, 1.165) is 0 Å². The van der Waals surface area contributed by atoms with Crippen molar-refractivity contribution in [3.05, 3.63) is 53.6 Å². The molecular formula is C14H11NO2. The highest BCUT2D eigenvalue weighted by atomic mass is 16.5. The molecule has 3 nitrogen and oxygen atoms in total. The van der Waals surface area contributed by atoms with E-state index >= 15 is 0 Å². The van der Waals surface area contributed by atoms with Crippen LogP contribution in [-0.4, -0.2) is 5.11 Å². The lowest BCUT2D eigenvalue weighted by Crippen LogP contribution is -1.87. The molecule has 0 radical (unpaired) electrons. The van der Waals surface area contributed by atoms with Crippen molar-refractivity contribution < 1.29 is 9.84 Å². The maximum atomic E-state index is 9.54. The van der Waals surface area contributed by atoms with Crippen LogP contribution in [0.4, 0.5) is 0 Å². The largest absolute Gasteiger partial charge is 0.508 e. The number of aromatic hydroxyl groups is 1. The van der Waals surface area contributed by atoms with Crippen LogP contribution in [0.25, 0.3) is 0 Å². The molecular weight excluding hydrogens is 214 g/mol. The second-order valence-electron chi connectivity index (χ2n) is 3.64. The van der Waals surface area contributed by atoms with Crippen molar-refractivity contribution >= 4 is 0 Å². The van der Waals surface area contributed by atoms with Gasteiger partial charge in [-0.15, -0.1) is 0 Å². The Morgan fingerprint density at radius 3 is 2.47 bits per heavy atom. The minimum Gasteiger partial charge on any atom is -0.508 e. The van der Waals surface area contributed by atoms with E-state index in [4.69, 9.17) is 10.00 Å². The third-order valence-corrected chi connectivity index (χ3v) is 2.47. The average molecular weight is 225 g/mol. The molecule has 0 bridgehead atoms. The van der Waals surface area contributed by atoms with Gasteiger partial charge in [0.2, 0.25) is 0 Å². The van der Waals surface area contributed by atoms with Crippen LogP contribution in [0.15, 0.2) is 42.5 Å². The molecule has 1 N–H and O–H groups in total. The highest BCUT2D eigenvalue weighted by molar-refractivity contribution is 5.45. The highest BCUT2D eigenvalue weighted by Gasteiger charge is 2.04. The first-order valence-corrected chi connectivity index (χ1v) is 5.17. The SMILES string of the molecule is Cc1c(O)cccc1Oc1ccc(C#N)cc1. The predicted octanol–water partition coefficient (Wildman–Crippen LogP) is 3.36. The van der Waals surface area contributed by atoms with Crippen LogP contribution in [0.5, 0.6) is 17.2 Å². The molecule has 3 heteroatoms. The van der Waals surface area contributed by atoms with Crippen LogP contribution in [0.2, 0.25) is 0 Å². The van der Waals surface area contributed by atoms with Crippen molar-refractivity contribution in [2.24, 2.45) is 0 Å². The molecule has 0 aliphatic carbocycles. The zero-order valence-electron chi connectivity index (χ0n) is 9.34. The summed E-state index contributed by atoms with van der Waals surface area (Å²) in [6.45, 7) is 1.79. The van der Waals surface area contributed by atoms with Gasteiger partial charge >= 0.3 is 0 Å². The molecule has 0 atom stereocenters. The molecule has 0 aliphatic heterocycles. The van der Waals surface area contributed by atoms with Gasteiger partial charge in [-0.05, 0) is 43.3 Å². The van der Waals surface area contributed by atoms with Crippen LogP contribution in [0.3, 0.4) is 0 Å². The minimum atomic E-state index is 0.205. The Morgan fingerprint density at radius 2 is 1.82 bits per heavy atom. The fourth-order valence-electron chi connectivity index (χ4n) is 1.44. The molecule has 2 aromatic rings. The highest BCUT2D eigenvalue weighted by Crippen LogP contribution is 2.30. The number of benzene rings is 2. The number of rotatable bonds is 2. The molecule has 2 rings (SSSR count). The van der Waals surface area contributed by atoms with Crippen molar-refractivity contribution in [2.45, 2.75) is 6.92 Å². The van der Waals surface area contributed by atoms with E-state index in [9.17, 15) is 5.11 Å². The summed E-state index contributed by atoms with van der Waals surface area (Å²) in [5, 5.41) is 18.2. The first kappa shape index (κ1) is 11.0. The topological polar surface area (TPSA) is 53.2 Å². The van der Waals surface area contributed by atoms with Gasteiger partial charge in [-0.3, -0.25) is 0 Å². The lowest BCUT2D eigenvalue weighted by Gasteiger charge is -2.09. The molecule has 0 saturated heterocycles. The molecule has 2 aromatic carbocycles. The lowest BCUT2D eigenvalue weighted by atomic mass is 10.2. The molecule has 0 spiro atoms. The van der Waals surface area contributed by atoms with Gasteiger partial charge in [-0.2, -0.15) is 5.26 Å². The summed E-state index contributed by atoms with van der Waals surface area (Å²) < 4.78 is 5.62. The number of hydrogen-bond donors (Lipinski definition) is 1. The number of nitriles is 1. The van der Waals surface area contributed by atoms with E-state index in [-0.39, 0.29) is 5.75 Å². The first-order chi connectivity index (χ1) is 8.20. The zero-order chi connectivity index (χ0) is 12.3.